The lowest BCUT2D eigenvalue weighted by Gasteiger charge is -2.31. The maximum absolute atomic E-state index is 13.1. The van der Waals surface area contributed by atoms with E-state index in [1.165, 1.54) is 12.1 Å². The normalized spacial score (nSPS) is 24.8. The quantitative estimate of drug-likeness (QED) is 0.581. The first-order valence-corrected chi connectivity index (χ1v) is 6.12. The number of hydrogen-bond donors (Lipinski definition) is 0. The zero-order valence-corrected chi connectivity index (χ0v) is 10.7. The number of hydrogen-bond acceptors (Lipinski definition) is 1. The van der Waals surface area contributed by atoms with E-state index in [2.05, 4.69) is 15.9 Å². The predicted octanol–water partition coefficient (Wildman–Crippen LogP) is 4.39. The third-order valence-electron chi connectivity index (χ3n) is 2.31. The fourth-order valence-corrected chi connectivity index (χ4v) is 2.50. The number of benzene rings is 1. The van der Waals surface area contributed by atoms with E-state index >= 15 is 0 Å². The largest absolute Gasteiger partial charge is 0.489 e. The lowest BCUT2D eigenvalue weighted by Crippen LogP contribution is -2.34. The first kappa shape index (κ1) is 11.5. The van der Waals surface area contributed by atoms with E-state index in [1.54, 1.807) is 0 Å². The van der Waals surface area contributed by atoms with Crippen molar-refractivity contribution in [3.63, 3.8) is 0 Å². The Hall–Kier alpha value is 0.01000. The van der Waals surface area contributed by atoms with Gasteiger partial charge in [-0.2, -0.15) is 0 Å². The van der Waals surface area contributed by atoms with Crippen molar-refractivity contribution < 1.29 is 9.13 Å². The first-order valence-electron chi connectivity index (χ1n) is 4.51. The molecule has 2 rings (SSSR count). The molecule has 0 N–H and O–H groups in total. The summed E-state index contributed by atoms with van der Waals surface area (Å²) in [4.78, 5) is 0. The van der Waals surface area contributed by atoms with Crippen LogP contribution in [0.4, 0.5) is 4.39 Å². The number of rotatable bonds is 2. The van der Waals surface area contributed by atoms with Gasteiger partial charge in [0, 0.05) is 24.3 Å². The minimum Gasteiger partial charge on any atom is -0.489 e. The third-order valence-corrected chi connectivity index (χ3v) is 3.57. The molecule has 0 spiro atoms. The summed E-state index contributed by atoms with van der Waals surface area (Å²) in [6, 6.07) is 2.77. The van der Waals surface area contributed by atoms with Gasteiger partial charge < -0.3 is 4.74 Å². The fourth-order valence-electron chi connectivity index (χ4n) is 1.37. The highest BCUT2D eigenvalue weighted by atomic mass is 79.9. The Kier molecular flexibility index (Phi) is 3.43. The number of halogens is 4. The van der Waals surface area contributed by atoms with Crippen molar-refractivity contribution in [1.82, 2.24) is 0 Å². The summed E-state index contributed by atoms with van der Waals surface area (Å²) in [6.07, 6.45) is 1.70. The van der Waals surface area contributed by atoms with Gasteiger partial charge in [-0.15, -0.1) is 11.6 Å². The van der Waals surface area contributed by atoms with Gasteiger partial charge in [-0.05, 0) is 22.0 Å². The average molecular weight is 314 g/mol. The van der Waals surface area contributed by atoms with E-state index < -0.39 is 5.82 Å². The molecule has 0 aromatic heterocycles. The molecule has 0 unspecified atom stereocenters. The van der Waals surface area contributed by atoms with Gasteiger partial charge in [0.25, 0.3) is 0 Å². The van der Waals surface area contributed by atoms with Crippen LogP contribution in [-0.4, -0.2) is 11.5 Å². The lowest BCUT2D eigenvalue weighted by molar-refractivity contribution is 0.123. The molecule has 1 saturated carbocycles. The van der Waals surface area contributed by atoms with Crippen LogP contribution in [0.3, 0.4) is 0 Å². The van der Waals surface area contributed by atoms with Gasteiger partial charge in [0.2, 0.25) is 0 Å². The zero-order valence-electron chi connectivity index (χ0n) is 7.64. The molecule has 0 saturated heterocycles. The molecule has 1 aliphatic rings. The Morgan fingerprint density at radius 3 is 2.67 bits per heavy atom. The molecule has 0 amide bonds. The van der Waals surface area contributed by atoms with Crippen LogP contribution in [0.2, 0.25) is 5.02 Å². The van der Waals surface area contributed by atoms with Crippen LogP contribution in [-0.2, 0) is 0 Å². The van der Waals surface area contributed by atoms with Crippen molar-refractivity contribution in [2.24, 2.45) is 0 Å². The Labute approximate surface area is 106 Å². The van der Waals surface area contributed by atoms with Gasteiger partial charge in [0.05, 0.1) is 9.50 Å². The molecule has 82 valence electrons. The summed E-state index contributed by atoms with van der Waals surface area (Å²) in [5.74, 6) is 0.00193. The summed E-state index contributed by atoms with van der Waals surface area (Å²) in [5.41, 5.74) is 0. The smallest absolute Gasteiger partial charge is 0.145 e. The molecule has 1 aliphatic carbocycles. The van der Waals surface area contributed by atoms with Crippen LogP contribution >= 0.6 is 39.1 Å². The second kappa shape index (κ2) is 4.48. The zero-order chi connectivity index (χ0) is 11.0. The first-order chi connectivity index (χ1) is 7.06. The monoisotopic (exact) mass is 312 g/mol. The van der Waals surface area contributed by atoms with E-state index in [1.807, 2.05) is 0 Å². The van der Waals surface area contributed by atoms with E-state index in [0.29, 0.717) is 10.2 Å². The molecule has 0 radical (unpaired) electrons. The Bertz CT molecular complexity index is 380. The van der Waals surface area contributed by atoms with Crippen molar-refractivity contribution in [3.05, 3.63) is 27.4 Å². The Balaban J connectivity index is 2.11. The van der Waals surface area contributed by atoms with E-state index in [9.17, 15) is 4.39 Å². The molecule has 15 heavy (non-hydrogen) atoms. The highest BCUT2D eigenvalue weighted by Gasteiger charge is 2.29. The summed E-state index contributed by atoms with van der Waals surface area (Å²) in [6.45, 7) is 0. The Morgan fingerprint density at radius 2 is 2.07 bits per heavy atom. The molecule has 1 aromatic rings. The van der Waals surface area contributed by atoms with Gasteiger partial charge in [-0.1, -0.05) is 11.6 Å². The van der Waals surface area contributed by atoms with Crippen LogP contribution in [0, 0.1) is 5.82 Å². The van der Waals surface area contributed by atoms with Crippen molar-refractivity contribution in [2.45, 2.75) is 24.3 Å². The SMILES string of the molecule is Fc1cc(OC2CC(Cl)C2)c(Br)cc1Cl. The maximum Gasteiger partial charge on any atom is 0.145 e. The molecule has 0 heterocycles. The van der Waals surface area contributed by atoms with Crippen molar-refractivity contribution in [2.75, 3.05) is 0 Å². The average Bonchev–Trinajstić information content (AvgIpc) is 2.11. The van der Waals surface area contributed by atoms with Crippen LogP contribution in [0.25, 0.3) is 0 Å². The summed E-state index contributed by atoms with van der Waals surface area (Å²) >= 11 is 14.7. The second-order valence-electron chi connectivity index (χ2n) is 3.51. The molecule has 1 nitrogen and oxygen atoms in total. The summed E-state index contributed by atoms with van der Waals surface area (Å²) < 4.78 is 19.4. The summed E-state index contributed by atoms with van der Waals surface area (Å²) in [5, 5.41) is 0.268. The molecule has 0 bridgehead atoms. The molecule has 0 atom stereocenters. The van der Waals surface area contributed by atoms with E-state index in [-0.39, 0.29) is 16.5 Å². The Morgan fingerprint density at radius 1 is 1.40 bits per heavy atom. The number of alkyl halides is 1. The summed E-state index contributed by atoms with van der Waals surface area (Å²) in [7, 11) is 0. The molecular formula is C10H8BrCl2FO. The third kappa shape index (κ3) is 2.58. The van der Waals surface area contributed by atoms with Crippen LogP contribution in [0.5, 0.6) is 5.75 Å². The minimum atomic E-state index is -0.475. The molecular weight excluding hydrogens is 306 g/mol. The minimum absolute atomic E-state index is 0.0815. The second-order valence-corrected chi connectivity index (χ2v) is 5.38. The van der Waals surface area contributed by atoms with Crippen molar-refractivity contribution in [1.29, 1.82) is 0 Å². The maximum atomic E-state index is 13.1. The van der Waals surface area contributed by atoms with Crippen LogP contribution < -0.4 is 4.74 Å². The van der Waals surface area contributed by atoms with Gasteiger partial charge in [-0.25, -0.2) is 4.39 Å². The van der Waals surface area contributed by atoms with Gasteiger partial charge >= 0.3 is 0 Å². The van der Waals surface area contributed by atoms with E-state index in [4.69, 9.17) is 27.9 Å². The van der Waals surface area contributed by atoms with E-state index in [0.717, 1.165) is 12.8 Å². The molecule has 1 fully saturated rings. The van der Waals surface area contributed by atoms with Crippen LogP contribution in [0.15, 0.2) is 16.6 Å². The lowest BCUT2D eigenvalue weighted by atomic mass is 9.95. The highest BCUT2D eigenvalue weighted by Crippen LogP contribution is 2.35. The molecule has 1 aromatic carbocycles. The van der Waals surface area contributed by atoms with Gasteiger partial charge in [0.1, 0.15) is 17.7 Å². The fraction of sp³-hybridized carbons (Fsp3) is 0.400. The topological polar surface area (TPSA) is 9.23 Å². The van der Waals surface area contributed by atoms with Crippen LogP contribution in [0.1, 0.15) is 12.8 Å². The molecule has 0 aliphatic heterocycles. The van der Waals surface area contributed by atoms with Gasteiger partial charge in [-0.3, -0.25) is 0 Å². The van der Waals surface area contributed by atoms with Crippen molar-refractivity contribution in [3.8, 4) is 5.75 Å². The van der Waals surface area contributed by atoms with Gasteiger partial charge in [0.15, 0.2) is 0 Å². The van der Waals surface area contributed by atoms with Crippen molar-refractivity contribution >= 4 is 39.1 Å². The molecule has 5 heteroatoms. The standard InChI is InChI=1S/C10H8BrCl2FO/c11-7-3-8(13)9(14)4-10(7)15-6-1-5(12)2-6/h3-6H,1-2H2. The predicted molar refractivity (Wildman–Crippen MR) is 62.4 cm³/mol. The number of ether oxygens (including phenoxy) is 1. The highest BCUT2D eigenvalue weighted by molar-refractivity contribution is 9.10.